The second kappa shape index (κ2) is 23.3. The summed E-state index contributed by atoms with van der Waals surface area (Å²) in [7, 11) is 0. The Morgan fingerprint density at radius 2 is 0.446 bits per heavy atom. The van der Waals surface area contributed by atoms with Crippen LogP contribution in [0.15, 0.2) is 346 Å². The van der Waals surface area contributed by atoms with E-state index in [-0.39, 0.29) is 0 Å². The van der Waals surface area contributed by atoms with E-state index in [1.165, 1.54) is 5.56 Å². The Kier molecular flexibility index (Phi) is 13.3. The molecule has 0 aliphatic rings. The summed E-state index contributed by atoms with van der Waals surface area (Å²) >= 11 is 0. The molecule has 0 bridgehead atoms. The lowest BCUT2D eigenvalue weighted by Gasteiger charge is -2.27. The molecule has 8 nitrogen and oxygen atoms in total. The van der Waals surface area contributed by atoms with Crippen molar-refractivity contribution in [3.63, 3.8) is 0 Å². The second-order valence-corrected chi connectivity index (χ2v) is 26.2. The number of para-hydroxylation sites is 4. The molecule has 8 heteroatoms. The summed E-state index contributed by atoms with van der Waals surface area (Å²) in [6.45, 7) is 2.20. The summed E-state index contributed by atoms with van der Waals surface area (Å²) in [5.74, 6) is 3.26. The summed E-state index contributed by atoms with van der Waals surface area (Å²) in [6, 6.07) is 125. The molecule has 0 amide bonds. The predicted octanol–water partition coefficient (Wildman–Crippen LogP) is 23.6. The van der Waals surface area contributed by atoms with E-state index in [1.807, 2.05) is 36.4 Å². The zero-order valence-electron chi connectivity index (χ0n) is 55.0. The Morgan fingerprint density at radius 1 is 0.188 bits per heavy atom. The molecule has 14 aromatic carbocycles. The molecule has 0 N–H and O–H groups in total. The van der Waals surface area contributed by atoms with Gasteiger partial charge in [0.1, 0.15) is 11.4 Å². The zero-order chi connectivity index (χ0) is 66.7. The van der Waals surface area contributed by atoms with Crippen LogP contribution in [0.3, 0.4) is 0 Å². The van der Waals surface area contributed by atoms with Crippen molar-refractivity contribution in [3.05, 3.63) is 351 Å². The third-order valence-corrected chi connectivity index (χ3v) is 20.3. The monoisotopic (exact) mass is 1290 g/mol. The molecule has 101 heavy (non-hydrogen) atoms. The molecule has 0 saturated heterocycles. The van der Waals surface area contributed by atoms with Crippen LogP contribution >= 0.6 is 0 Å². The van der Waals surface area contributed by atoms with Crippen LogP contribution in [-0.2, 0) is 0 Å². The van der Waals surface area contributed by atoms with Crippen molar-refractivity contribution < 1.29 is 0 Å². The van der Waals surface area contributed by atoms with Gasteiger partial charge in [-0.1, -0.05) is 279 Å². The molecule has 0 fully saturated rings. The molecule has 0 radical (unpaired) electrons. The minimum Gasteiger partial charge on any atom is -0.305 e. The number of aryl methyl sites for hydroxylation is 1. The first-order valence-corrected chi connectivity index (χ1v) is 34.4. The molecule has 20 aromatic rings. The first-order valence-electron chi connectivity index (χ1n) is 34.4. The lowest BCUT2D eigenvalue weighted by molar-refractivity contribution is 0.961. The van der Waals surface area contributed by atoms with Gasteiger partial charge < -0.3 is 9.13 Å². The number of hydrogen-bond acceptors (Lipinski definition) is 4. The van der Waals surface area contributed by atoms with Crippen molar-refractivity contribution in [2.24, 2.45) is 0 Å². The lowest BCUT2D eigenvalue weighted by Crippen LogP contribution is -2.16. The van der Waals surface area contributed by atoms with Crippen molar-refractivity contribution in [1.82, 2.24) is 38.2 Å². The maximum Gasteiger partial charge on any atom is 0.165 e. The largest absolute Gasteiger partial charge is 0.305 e. The Labute approximate surface area is 581 Å². The van der Waals surface area contributed by atoms with E-state index in [2.05, 4.69) is 335 Å². The summed E-state index contributed by atoms with van der Waals surface area (Å²) < 4.78 is 9.95. The highest BCUT2D eigenvalue weighted by molar-refractivity contribution is 6.17. The Morgan fingerprint density at radius 3 is 0.792 bits per heavy atom. The number of fused-ring (bicyclic) bond motifs is 12. The summed E-state index contributed by atoms with van der Waals surface area (Å²) in [5, 5.41) is 8.99. The van der Waals surface area contributed by atoms with Crippen molar-refractivity contribution in [2.45, 2.75) is 6.92 Å². The fourth-order valence-corrected chi connectivity index (χ4v) is 15.6. The first kappa shape index (κ1) is 57.7. The van der Waals surface area contributed by atoms with E-state index < -0.39 is 0 Å². The Bertz CT molecular complexity index is 6410. The third-order valence-electron chi connectivity index (χ3n) is 20.3. The fraction of sp³-hybridized carbons (Fsp3) is 0.0108. The molecule has 0 spiro atoms. The number of pyridine rings is 1. The number of rotatable bonds is 11. The molecule has 6 heterocycles. The molecule has 0 unspecified atom stereocenters. The quantitative estimate of drug-likeness (QED) is 0.129. The van der Waals surface area contributed by atoms with Crippen LogP contribution in [0.1, 0.15) is 5.56 Å². The number of aromatic nitrogens is 8. The first-order chi connectivity index (χ1) is 50.0. The normalized spacial score (nSPS) is 11.8. The average molecular weight is 1290 g/mol. The molecule has 0 atom stereocenters. The van der Waals surface area contributed by atoms with E-state index in [4.69, 9.17) is 19.9 Å². The number of hydrogen-bond donors (Lipinski definition) is 0. The average Bonchev–Trinajstić information content (AvgIpc) is 1.58. The third kappa shape index (κ3) is 9.37. The topological polar surface area (TPSA) is 71.3 Å². The maximum atomic E-state index is 6.65. The van der Waals surface area contributed by atoms with Crippen molar-refractivity contribution in [1.29, 1.82) is 0 Å². The van der Waals surface area contributed by atoms with Gasteiger partial charge in [0, 0.05) is 65.3 Å². The van der Waals surface area contributed by atoms with E-state index in [9.17, 15) is 0 Å². The van der Waals surface area contributed by atoms with Gasteiger partial charge in [0.15, 0.2) is 29.1 Å². The van der Waals surface area contributed by atoms with E-state index >= 15 is 0 Å². The molecule has 6 aromatic heterocycles. The highest BCUT2D eigenvalue weighted by Crippen LogP contribution is 2.50. The van der Waals surface area contributed by atoms with E-state index in [0.29, 0.717) is 17.5 Å². The van der Waals surface area contributed by atoms with Crippen LogP contribution in [0, 0.1) is 6.92 Å². The van der Waals surface area contributed by atoms with Crippen molar-refractivity contribution >= 4 is 87.2 Å². The van der Waals surface area contributed by atoms with Crippen LogP contribution in [-0.4, -0.2) is 38.2 Å². The van der Waals surface area contributed by atoms with Crippen LogP contribution < -0.4 is 0 Å². The maximum absolute atomic E-state index is 6.65. The van der Waals surface area contributed by atoms with Gasteiger partial charge in [-0.15, -0.1) is 0 Å². The van der Waals surface area contributed by atoms with Crippen LogP contribution in [0.4, 0.5) is 0 Å². The summed E-state index contributed by atoms with van der Waals surface area (Å²) in [6.07, 6.45) is 0. The molecular formula is C93H60N8. The number of benzene rings is 14. The van der Waals surface area contributed by atoms with E-state index in [1.54, 1.807) is 0 Å². The fourth-order valence-electron chi connectivity index (χ4n) is 15.6. The molecule has 472 valence electrons. The molecule has 0 aliphatic heterocycles. The SMILES string of the molecule is Cc1ccc2c(c1)c1cc(-c3ccccc3)ccc1n2-c1nc(-n2c3ccc(-c4ccccc4)cc3c3cc(-c4ccccc4)ccc32)c(-n2c3ccccc3c3ccccc32)c(-c2ccc(-c3nc(-c4ccccc4)nc(-c4ccccc4)n3)cc2)c1-n1c2ccccc2c2ccccc21. The minimum absolute atomic E-state index is 0.566. The van der Waals surface area contributed by atoms with Crippen molar-refractivity contribution in [3.8, 4) is 102 Å². The van der Waals surface area contributed by atoms with Gasteiger partial charge in [-0.3, -0.25) is 9.13 Å². The van der Waals surface area contributed by atoms with Crippen LogP contribution in [0.5, 0.6) is 0 Å². The number of nitrogens with zero attached hydrogens (tertiary/aromatic N) is 8. The van der Waals surface area contributed by atoms with Gasteiger partial charge in [-0.05, 0) is 119 Å². The van der Waals surface area contributed by atoms with Gasteiger partial charge in [-0.2, -0.15) is 0 Å². The molecule has 0 aliphatic carbocycles. The Balaban J connectivity index is 1.000. The van der Waals surface area contributed by atoms with Crippen LogP contribution in [0.25, 0.3) is 189 Å². The van der Waals surface area contributed by atoms with Gasteiger partial charge in [0.05, 0.1) is 44.1 Å². The smallest absolute Gasteiger partial charge is 0.165 e. The van der Waals surface area contributed by atoms with Gasteiger partial charge in [0.25, 0.3) is 0 Å². The highest BCUT2D eigenvalue weighted by atomic mass is 15.2. The predicted molar refractivity (Wildman–Crippen MR) is 418 cm³/mol. The molecule has 20 rings (SSSR count). The molecule has 0 saturated carbocycles. The highest BCUT2D eigenvalue weighted by Gasteiger charge is 2.33. The zero-order valence-corrected chi connectivity index (χ0v) is 55.0. The van der Waals surface area contributed by atoms with Gasteiger partial charge in [0.2, 0.25) is 0 Å². The summed E-state index contributed by atoms with van der Waals surface area (Å²) in [5.41, 5.74) is 22.6. The standard InChI is InChI=1S/C93H60N8/c1-59-43-51-82-74(55-59)75-56-67(60-25-7-2-8-26-60)48-52-83(75)100(82)92-87(98-78-39-21-17-35-70(78)71-36-18-22-40-79(71)98)86(63-44-46-66(47-45-63)91-95-89(64-31-13-5-14-32-64)94-90(96-91)65-33-15-6-16-34-65)88(99-80-41-23-19-37-72(80)73-38-20-24-42-81(73)99)93(97-92)101-84-53-49-68(61-27-9-3-10-28-61)57-76(84)77-58-69(50-54-85(77)101)62-29-11-4-12-30-62/h2-58H,1H3. The summed E-state index contributed by atoms with van der Waals surface area (Å²) in [4.78, 5) is 22.4. The van der Waals surface area contributed by atoms with E-state index in [0.717, 1.165) is 171 Å². The van der Waals surface area contributed by atoms with Crippen LogP contribution in [0.2, 0.25) is 0 Å². The minimum atomic E-state index is 0.566. The van der Waals surface area contributed by atoms with Gasteiger partial charge in [-0.25, -0.2) is 19.9 Å². The van der Waals surface area contributed by atoms with Gasteiger partial charge >= 0.3 is 0 Å². The van der Waals surface area contributed by atoms with Crippen molar-refractivity contribution in [2.75, 3.05) is 0 Å². The second-order valence-electron chi connectivity index (χ2n) is 26.2. The Hall–Kier alpha value is -13.6. The lowest BCUT2D eigenvalue weighted by atomic mass is 9.98. The molecular weight excluding hydrogens is 1230 g/mol.